The molecule has 3 nitrogen and oxygen atoms in total. The fourth-order valence-electron chi connectivity index (χ4n) is 2.45. The van der Waals surface area contributed by atoms with Crippen LogP contribution < -0.4 is 5.73 Å². The summed E-state index contributed by atoms with van der Waals surface area (Å²) in [6.07, 6.45) is 7.06. The highest BCUT2D eigenvalue weighted by Crippen LogP contribution is 2.31. The van der Waals surface area contributed by atoms with Crippen LogP contribution in [0.4, 0.5) is 5.82 Å². The molecule has 0 spiro atoms. The Labute approximate surface area is 97.7 Å². The Morgan fingerprint density at radius 3 is 3.06 bits per heavy atom. The van der Waals surface area contributed by atoms with E-state index < -0.39 is 0 Å². The normalized spacial score (nSPS) is 21.4. The summed E-state index contributed by atoms with van der Waals surface area (Å²) in [4.78, 5) is 6.77. The van der Waals surface area contributed by atoms with Crippen LogP contribution in [0.2, 0.25) is 0 Å². The lowest BCUT2D eigenvalue weighted by atomic mass is 10.1. The van der Waals surface area contributed by atoms with Gasteiger partial charge in [0.1, 0.15) is 5.82 Å². The molecule has 1 fully saturated rings. The van der Waals surface area contributed by atoms with E-state index in [9.17, 15) is 0 Å². The molecule has 88 valence electrons. The number of nitrogens with two attached hydrogens (primary N) is 1. The third-order valence-electron chi connectivity index (χ3n) is 3.36. The molecule has 3 heteroatoms. The molecule has 0 radical (unpaired) electrons. The van der Waals surface area contributed by atoms with Gasteiger partial charge in [0.2, 0.25) is 0 Å². The van der Waals surface area contributed by atoms with Crippen molar-refractivity contribution in [3.05, 3.63) is 23.9 Å². The molecule has 2 rings (SSSR count). The molecule has 0 bridgehead atoms. The number of rotatable bonds is 4. The van der Waals surface area contributed by atoms with Crippen molar-refractivity contribution in [2.24, 2.45) is 0 Å². The SMILES string of the molecule is CCCCN1CCCC1c1ccc(N)nc1. The number of unbranched alkanes of at least 4 members (excludes halogenated alkanes) is 1. The molecular formula is C13H21N3. The highest BCUT2D eigenvalue weighted by molar-refractivity contribution is 5.30. The number of pyridine rings is 1. The predicted molar refractivity (Wildman–Crippen MR) is 67.1 cm³/mol. The van der Waals surface area contributed by atoms with Gasteiger partial charge in [0, 0.05) is 12.2 Å². The number of nitrogen functional groups attached to an aromatic ring is 1. The zero-order valence-corrected chi connectivity index (χ0v) is 10.0. The average molecular weight is 219 g/mol. The molecule has 16 heavy (non-hydrogen) atoms. The predicted octanol–water partition coefficient (Wildman–Crippen LogP) is 2.60. The lowest BCUT2D eigenvalue weighted by molar-refractivity contribution is 0.253. The number of hydrogen-bond acceptors (Lipinski definition) is 3. The number of aromatic nitrogens is 1. The van der Waals surface area contributed by atoms with Crippen molar-refractivity contribution in [2.75, 3.05) is 18.8 Å². The zero-order valence-electron chi connectivity index (χ0n) is 10.0. The van der Waals surface area contributed by atoms with Gasteiger partial charge in [0.25, 0.3) is 0 Å². The summed E-state index contributed by atoms with van der Waals surface area (Å²) in [5.74, 6) is 0.613. The summed E-state index contributed by atoms with van der Waals surface area (Å²) in [7, 11) is 0. The highest BCUT2D eigenvalue weighted by atomic mass is 15.2. The second-order valence-corrected chi connectivity index (χ2v) is 4.56. The Morgan fingerprint density at radius 1 is 1.50 bits per heavy atom. The van der Waals surface area contributed by atoms with Crippen molar-refractivity contribution in [1.29, 1.82) is 0 Å². The second kappa shape index (κ2) is 5.30. The van der Waals surface area contributed by atoms with Gasteiger partial charge in [-0.05, 0) is 44.0 Å². The third kappa shape index (κ3) is 2.53. The minimum atomic E-state index is 0.569. The Hall–Kier alpha value is -1.09. The Bertz CT molecular complexity index is 320. The van der Waals surface area contributed by atoms with Gasteiger partial charge in [-0.25, -0.2) is 4.98 Å². The first kappa shape index (κ1) is 11.4. The van der Waals surface area contributed by atoms with Crippen molar-refractivity contribution in [3.8, 4) is 0 Å². The average Bonchev–Trinajstić information content (AvgIpc) is 2.75. The maximum atomic E-state index is 5.62. The van der Waals surface area contributed by atoms with E-state index in [-0.39, 0.29) is 0 Å². The van der Waals surface area contributed by atoms with E-state index >= 15 is 0 Å². The maximum absolute atomic E-state index is 5.62. The lowest BCUT2D eigenvalue weighted by Crippen LogP contribution is -2.24. The monoisotopic (exact) mass is 219 g/mol. The zero-order chi connectivity index (χ0) is 11.4. The molecule has 1 atom stereocenters. The van der Waals surface area contributed by atoms with Crippen LogP contribution in [0.1, 0.15) is 44.2 Å². The summed E-state index contributed by atoms with van der Waals surface area (Å²) < 4.78 is 0. The van der Waals surface area contributed by atoms with E-state index in [2.05, 4.69) is 22.9 Å². The number of hydrogen-bond donors (Lipinski definition) is 1. The van der Waals surface area contributed by atoms with Crippen LogP contribution in [-0.2, 0) is 0 Å². The minimum Gasteiger partial charge on any atom is -0.384 e. The van der Waals surface area contributed by atoms with Gasteiger partial charge < -0.3 is 5.73 Å². The molecule has 1 unspecified atom stereocenters. The van der Waals surface area contributed by atoms with Gasteiger partial charge in [0.05, 0.1) is 0 Å². The number of nitrogens with zero attached hydrogens (tertiary/aromatic N) is 2. The molecular weight excluding hydrogens is 198 g/mol. The van der Waals surface area contributed by atoms with Gasteiger partial charge in [0.15, 0.2) is 0 Å². The van der Waals surface area contributed by atoms with Crippen molar-refractivity contribution < 1.29 is 0 Å². The first-order chi connectivity index (χ1) is 7.81. The smallest absolute Gasteiger partial charge is 0.123 e. The molecule has 1 aromatic rings. The molecule has 1 aromatic heterocycles. The Morgan fingerprint density at radius 2 is 2.38 bits per heavy atom. The van der Waals surface area contributed by atoms with Crippen LogP contribution in [0.5, 0.6) is 0 Å². The summed E-state index contributed by atoms with van der Waals surface area (Å²) in [6, 6.07) is 4.60. The molecule has 0 amide bonds. The maximum Gasteiger partial charge on any atom is 0.123 e. The third-order valence-corrected chi connectivity index (χ3v) is 3.36. The lowest BCUT2D eigenvalue weighted by Gasteiger charge is -2.24. The summed E-state index contributed by atoms with van der Waals surface area (Å²) in [6.45, 7) is 4.69. The van der Waals surface area contributed by atoms with Crippen LogP contribution in [0, 0.1) is 0 Å². The molecule has 1 aliphatic heterocycles. The van der Waals surface area contributed by atoms with Crippen LogP contribution in [0.25, 0.3) is 0 Å². The molecule has 0 aliphatic carbocycles. The van der Waals surface area contributed by atoms with E-state index in [1.54, 1.807) is 0 Å². The fourth-order valence-corrected chi connectivity index (χ4v) is 2.45. The summed E-state index contributed by atoms with van der Waals surface area (Å²) >= 11 is 0. The minimum absolute atomic E-state index is 0.569. The van der Waals surface area contributed by atoms with Crippen molar-refractivity contribution >= 4 is 5.82 Å². The first-order valence-electron chi connectivity index (χ1n) is 6.26. The van der Waals surface area contributed by atoms with Crippen LogP contribution in [-0.4, -0.2) is 23.0 Å². The van der Waals surface area contributed by atoms with Crippen molar-refractivity contribution in [1.82, 2.24) is 9.88 Å². The van der Waals surface area contributed by atoms with E-state index in [1.807, 2.05) is 12.3 Å². The molecule has 0 saturated carbocycles. The summed E-state index contributed by atoms with van der Waals surface area (Å²) in [5.41, 5.74) is 6.94. The molecule has 2 N–H and O–H groups in total. The van der Waals surface area contributed by atoms with Gasteiger partial charge in [-0.15, -0.1) is 0 Å². The molecule has 1 saturated heterocycles. The molecule has 1 aliphatic rings. The largest absolute Gasteiger partial charge is 0.384 e. The van der Waals surface area contributed by atoms with Crippen molar-refractivity contribution in [3.63, 3.8) is 0 Å². The van der Waals surface area contributed by atoms with E-state index in [1.165, 1.54) is 44.3 Å². The Balaban J connectivity index is 2.04. The first-order valence-corrected chi connectivity index (χ1v) is 6.26. The number of likely N-dealkylation sites (tertiary alicyclic amines) is 1. The Kier molecular flexibility index (Phi) is 3.78. The van der Waals surface area contributed by atoms with Gasteiger partial charge in [-0.1, -0.05) is 19.4 Å². The summed E-state index contributed by atoms with van der Waals surface area (Å²) in [5, 5.41) is 0. The van der Waals surface area contributed by atoms with Crippen molar-refractivity contribution in [2.45, 2.75) is 38.6 Å². The van der Waals surface area contributed by atoms with E-state index in [0.29, 0.717) is 11.9 Å². The fraction of sp³-hybridized carbons (Fsp3) is 0.615. The van der Waals surface area contributed by atoms with Gasteiger partial charge >= 0.3 is 0 Å². The standard InChI is InChI=1S/C13H21N3/c1-2-3-8-16-9-4-5-12(16)11-6-7-13(14)15-10-11/h6-7,10,12H,2-5,8-9H2,1H3,(H2,14,15). The number of anilines is 1. The second-order valence-electron chi connectivity index (χ2n) is 4.56. The van der Waals surface area contributed by atoms with Crippen LogP contribution >= 0.6 is 0 Å². The molecule has 0 aromatic carbocycles. The van der Waals surface area contributed by atoms with Gasteiger partial charge in [-0.2, -0.15) is 0 Å². The topological polar surface area (TPSA) is 42.1 Å². The van der Waals surface area contributed by atoms with Crippen LogP contribution in [0.15, 0.2) is 18.3 Å². The molecule has 2 heterocycles. The van der Waals surface area contributed by atoms with E-state index in [4.69, 9.17) is 5.73 Å². The van der Waals surface area contributed by atoms with E-state index in [0.717, 1.165) is 0 Å². The quantitative estimate of drug-likeness (QED) is 0.846. The van der Waals surface area contributed by atoms with Crippen LogP contribution in [0.3, 0.4) is 0 Å². The van der Waals surface area contributed by atoms with Gasteiger partial charge in [-0.3, -0.25) is 4.90 Å². The highest BCUT2D eigenvalue weighted by Gasteiger charge is 2.25.